The molecule has 0 aliphatic rings. The van der Waals surface area contributed by atoms with Gasteiger partial charge >= 0.3 is 0 Å². The fourth-order valence-corrected chi connectivity index (χ4v) is 4.84. The minimum Gasteiger partial charge on any atom is -0.310 e. The average molecular weight is 462 g/mol. The van der Waals surface area contributed by atoms with Crippen LogP contribution in [0.15, 0.2) is 146 Å². The summed E-state index contributed by atoms with van der Waals surface area (Å²) in [5.41, 5.74) is 9.61. The van der Waals surface area contributed by atoms with Crippen molar-refractivity contribution in [2.45, 2.75) is 6.92 Å². The summed E-state index contributed by atoms with van der Waals surface area (Å²) >= 11 is 0. The van der Waals surface area contributed by atoms with Crippen LogP contribution in [0.3, 0.4) is 0 Å². The van der Waals surface area contributed by atoms with E-state index in [1.165, 1.54) is 44.3 Å². The molecule has 0 unspecified atom stereocenters. The molecule has 6 aromatic rings. The Hall–Kier alpha value is -4.62. The zero-order chi connectivity index (χ0) is 24.3. The van der Waals surface area contributed by atoms with Gasteiger partial charge in [0.1, 0.15) is 0 Å². The van der Waals surface area contributed by atoms with Crippen LogP contribution in [-0.4, -0.2) is 0 Å². The van der Waals surface area contributed by atoms with Crippen molar-refractivity contribution in [3.63, 3.8) is 0 Å². The first kappa shape index (κ1) is 21.9. The second kappa shape index (κ2) is 9.56. The molecular weight excluding hydrogens is 434 g/mol. The summed E-state index contributed by atoms with van der Waals surface area (Å²) in [6.07, 6.45) is 0. The number of benzene rings is 6. The van der Waals surface area contributed by atoms with E-state index in [0.717, 1.165) is 11.4 Å². The summed E-state index contributed by atoms with van der Waals surface area (Å²) in [6.45, 7) is 2.13. The first-order valence-corrected chi connectivity index (χ1v) is 12.4. The minimum absolute atomic E-state index is 1.14. The molecule has 0 aliphatic carbocycles. The van der Waals surface area contributed by atoms with E-state index in [4.69, 9.17) is 0 Å². The van der Waals surface area contributed by atoms with Crippen LogP contribution < -0.4 is 4.90 Å². The van der Waals surface area contributed by atoms with E-state index < -0.39 is 0 Å². The number of fused-ring (bicyclic) bond motifs is 1. The summed E-state index contributed by atoms with van der Waals surface area (Å²) in [5.74, 6) is 0. The van der Waals surface area contributed by atoms with Gasteiger partial charge in [0.05, 0.1) is 5.69 Å². The normalized spacial score (nSPS) is 10.9. The Morgan fingerprint density at radius 3 is 1.67 bits per heavy atom. The molecular formula is C35H27N. The fourth-order valence-electron chi connectivity index (χ4n) is 4.84. The van der Waals surface area contributed by atoms with E-state index in [-0.39, 0.29) is 0 Å². The maximum Gasteiger partial charge on any atom is 0.0540 e. The van der Waals surface area contributed by atoms with E-state index in [1.54, 1.807) is 0 Å². The lowest BCUT2D eigenvalue weighted by molar-refractivity contribution is 1.29. The zero-order valence-electron chi connectivity index (χ0n) is 20.3. The topological polar surface area (TPSA) is 3.24 Å². The summed E-state index contributed by atoms with van der Waals surface area (Å²) in [5, 5.41) is 2.47. The Bertz CT molecular complexity index is 1610. The lowest BCUT2D eigenvalue weighted by Crippen LogP contribution is -2.10. The molecule has 0 aromatic heterocycles. The van der Waals surface area contributed by atoms with Crippen molar-refractivity contribution in [2.75, 3.05) is 4.90 Å². The van der Waals surface area contributed by atoms with Gasteiger partial charge in [0, 0.05) is 16.8 Å². The van der Waals surface area contributed by atoms with Crippen LogP contribution in [-0.2, 0) is 0 Å². The summed E-state index contributed by atoms with van der Waals surface area (Å²) in [7, 11) is 0. The maximum atomic E-state index is 2.35. The van der Waals surface area contributed by atoms with Crippen molar-refractivity contribution in [3.05, 3.63) is 151 Å². The van der Waals surface area contributed by atoms with Gasteiger partial charge in [-0.1, -0.05) is 115 Å². The molecule has 0 heterocycles. The van der Waals surface area contributed by atoms with Gasteiger partial charge in [-0.2, -0.15) is 0 Å². The molecule has 6 rings (SSSR count). The maximum absolute atomic E-state index is 2.35. The molecule has 0 saturated heterocycles. The Labute approximate surface area is 212 Å². The molecule has 1 nitrogen and oxygen atoms in total. The highest BCUT2D eigenvalue weighted by Gasteiger charge is 2.15. The van der Waals surface area contributed by atoms with Crippen LogP contribution in [0, 0.1) is 6.92 Å². The van der Waals surface area contributed by atoms with Gasteiger partial charge in [-0.15, -0.1) is 0 Å². The van der Waals surface area contributed by atoms with Gasteiger partial charge in [0.2, 0.25) is 0 Å². The Balaban J connectivity index is 1.43. The molecule has 0 aliphatic heterocycles. The third-order valence-corrected chi connectivity index (χ3v) is 6.73. The van der Waals surface area contributed by atoms with E-state index in [0.29, 0.717) is 0 Å². The van der Waals surface area contributed by atoms with Crippen LogP contribution in [0.25, 0.3) is 33.0 Å². The molecule has 0 spiro atoms. The Morgan fingerprint density at radius 2 is 0.944 bits per heavy atom. The van der Waals surface area contributed by atoms with Crippen LogP contribution >= 0.6 is 0 Å². The van der Waals surface area contributed by atoms with E-state index in [2.05, 4.69) is 157 Å². The van der Waals surface area contributed by atoms with Crippen molar-refractivity contribution < 1.29 is 0 Å². The molecule has 36 heavy (non-hydrogen) atoms. The highest BCUT2D eigenvalue weighted by Crippen LogP contribution is 2.39. The smallest absolute Gasteiger partial charge is 0.0540 e. The molecule has 0 radical (unpaired) electrons. The van der Waals surface area contributed by atoms with E-state index >= 15 is 0 Å². The van der Waals surface area contributed by atoms with Crippen LogP contribution in [0.2, 0.25) is 0 Å². The number of hydrogen-bond donors (Lipinski definition) is 0. The fraction of sp³-hybridized carbons (Fsp3) is 0.0286. The van der Waals surface area contributed by atoms with Gasteiger partial charge in [-0.25, -0.2) is 0 Å². The lowest BCUT2D eigenvalue weighted by Gasteiger charge is -2.27. The molecule has 0 atom stereocenters. The largest absolute Gasteiger partial charge is 0.310 e. The quantitative estimate of drug-likeness (QED) is 0.247. The van der Waals surface area contributed by atoms with Crippen molar-refractivity contribution in [2.24, 2.45) is 0 Å². The monoisotopic (exact) mass is 461 g/mol. The zero-order valence-corrected chi connectivity index (χ0v) is 20.3. The first-order chi connectivity index (χ1) is 17.8. The number of anilines is 3. The van der Waals surface area contributed by atoms with Crippen LogP contribution in [0.5, 0.6) is 0 Å². The molecule has 6 aromatic carbocycles. The van der Waals surface area contributed by atoms with Crippen molar-refractivity contribution in [3.8, 4) is 22.3 Å². The van der Waals surface area contributed by atoms with Gasteiger partial charge in [0.25, 0.3) is 0 Å². The second-order valence-corrected chi connectivity index (χ2v) is 9.16. The van der Waals surface area contributed by atoms with E-state index in [1.807, 2.05) is 0 Å². The number of aryl methyl sites for hydroxylation is 1. The summed E-state index contributed by atoms with van der Waals surface area (Å²) in [4.78, 5) is 2.35. The second-order valence-electron chi connectivity index (χ2n) is 9.16. The molecule has 0 N–H and O–H groups in total. The van der Waals surface area contributed by atoms with Crippen LogP contribution in [0.4, 0.5) is 17.1 Å². The predicted molar refractivity (Wildman–Crippen MR) is 154 cm³/mol. The minimum atomic E-state index is 1.14. The number of rotatable bonds is 5. The van der Waals surface area contributed by atoms with Crippen molar-refractivity contribution in [1.82, 2.24) is 0 Å². The molecule has 172 valence electrons. The van der Waals surface area contributed by atoms with Gasteiger partial charge in [0.15, 0.2) is 0 Å². The highest BCUT2D eigenvalue weighted by atomic mass is 15.1. The Kier molecular flexibility index (Phi) is 5.81. The van der Waals surface area contributed by atoms with Crippen molar-refractivity contribution >= 4 is 27.8 Å². The lowest BCUT2D eigenvalue weighted by atomic mass is 9.98. The molecule has 0 bridgehead atoms. The summed E-state index contributed by atoms with van der Waals surface area (Å²) in [6, 6.07) is 52.1. The third kappa shape index (κ3) is 4.28. The molecule has 0 amide bonds. The van der Waals surface area contributed by atoms with E-state index in [9.17, 15) is 0 Å². The van der Waals surface area contributed by atoms with Gasteiger partial charge < -0.3 is 4.90 Å². The average Bonchev–Trinajstić information content (AvgIpc) is 2.95. The number of hydrogen-bond acceptors (Lipinski definition) is 1. The van der Waals surface area contributed by atoms with Gasteiger partial charge in [-0.05, 0) is 71.0 Å². The third-order valence-electron chi connectivity index (χ3n) is 6.73. The first-order valence-electron chi connectivity index (χ1n) is 12.4. The highest BCUT2D eigenvalue weighted by molar-refractivity contribution is 5.99. The van der Waals surface area contributed by atoms with Crippen LogP contribution in [0.1, 0.15) is 5.56 Å². The standard InChI is InChI=1S/C35H27N/c1-26-17-21-32(22-18-26)36(35-16-8-12-29-11-5-6-15-34(29)35)33-23-19-28(20-24-33)31-14-7-13-30(25-31)27-9-3-2-4-10-27/h2-25H,1H3. The SMILES string of the molecule is Cc1ccc(N(c2ccc(-c3cccc(-c4ccccc4)c3)cc2)c2cccc3ccccc23)cc1. The molecule has 0 fully saturated rings. The predicted octanol–water partition coefficient (Wildman–Crippen LogP) is 9.95. The summed E-state index contributed by atoms with van der Waals surface area (Å²) < 4.78 is 0. The van der Waals surface area contributed by atoms with Crippen molar-refractivity contribution in [1.29, 1.82) is 0 Å². The molecule has 1 heteroatoms. The van der Waals surface area contributed by atoms with Gasteiger partial charge in [-0.3, -0.25) is 0 Å². The number of nitrogens with zero attached hydrogens (tertiary/aromatic N) is 1. The Morgan fingerprint density at radius 1 is 0.417 bits per heavy atom. The molecule has 0 saturated carbocycles.